The Labute approximate surface area is 135 Å². The van der Waals surface area contributed by atoms with E-state index in [-0.39, 0.29) is 36.5 Å². The number of halogens is 1. The molecule has 1 aromatic rings. The van der Waals surface area contributed by atoms with Crippen molar-refractivity contribution in [2.45, 2.75) is 32.0 Å². The Morgan fingerprint density at radius 3 is 2.83 bits per heavy atom. The molecule has 2 N–H and O–H groups in total. The molecular weight excluding hydrogens is 323 g/mol. The molecular formula is C15H21FN2O4S. The van der Waals surface area contributed by atoms with Crippen molar-refractivity contribution in [2.24, 2.45) is 0 Å². The van der Waals surface area contributed by atoms with E-state index >= 15 is 0 Å². The molecule has 0 radical (unpaired) electrons. The summed E-state index contributed by atoms with van der Waals surface area (Å²) in [7, 11) is -3.15. The second-order valence-corrected chi connectivity index (χ2v) is 8.01. The summed E-state index contributed by atoms with van der Waals surface area (Å²) in [6.07, 6.45) is 2.60. The fourth-order valence-electron chi connectivity index (χ4n) is 2.73. The molecule has 6 nitrogen and oxygen atoms in total. The number of nitrogens with one attached hydrogen (secondary N) is 1. The fourth-order valence-corrected chi connectivity index (χ4v) is 3.78. The Bertz CT molecular complexity index is 678. The maximum absolute atomic E-state index is 13.6. The molecule has 0 spiro atoms. The zero-order valence-electron chi connectivity index (χ0n) is 13.0. The van der Waals surface area contributed by atoms with E-state index in [1.54, 1.807) is 6.07 Å². The first-order chi connectivity index (χ1) is 10.8. The molecule has 1 atom stereocenters. The predicted octanol–water partition coefficient (Wildman–Crippen LogP) is 1.04. The lowest BCUT2D eigenvalue weighted by molar-refractivity contribution is 0.196. The molecule has 0 bridgehead atoms. The van der Waals surface area contributed by atoms with E-state index in [2.05, 4.69) is 5.32 Å². The fraction of sp³-hybridized carbons (Fsp3) is 0.533. The Morgan fingerprint density at radius 2 is 2.22 bits per heavy atom. The molecule has 1 aromatic carbocycles. The second-order valence-electron chi connectivity index (χ2n) is 5.82. The van der Waals surface area contributed by atoms with Crippen LogP contribution in [-0.4, -0.2) is 49.1 Å². The molecule has 1 saturated heterocycles. The molecule has 2 rings (SSSR count). The van der Waals surface area contributed by atoms with Crippen molar-refractivity contribution in [1.29, 1.82) is 0 Å². The third-order valence-corrected chi connectivity index (χ3v) is 4.85. The third-order valence-electron chi connectivity index (χ3n) is 3.86. The summed E-state index contributed by atoms with van der Waals surface area (Å²) in [5, 5.41) is 11.6. The number of aliphatic hydroxyl groups excluding tert-OH is 1. The lowest BCUT2D eigenvalue weighted by atomic mass is 10.1. The third kappa shape index (κ3) is 4.90. The van der Waals surface area contributed by atoms with Gasteiger partial charge in [-0.25, -0.2) is 17.6 Å². The van der Waals surface area contributed by atoms with E-state index < -0.39 is 15.7 Å². The topological polar surface area (TPSA) is 86.7 Å². The van der Waals surface area contributed by atoms with E-state index in [1.165, 1.54) is 17.0 Å². The number of amides is 2. The molecule has 8 heteroatoms. The second kappa shape index (κ2) is 7.27. The number of nitrogens with zero attached hydrogens (tertiary/aromatic N) is 1. The van der Waals surface area contributed by atoms with Crippen molar-refractivity contribution in [3.63, 3.8) is 0 Å². The number of sulfone groups is 1. The number of rotatable bonds is 5. The summed E-state index contributed by atoms with van der Waals surface area (Å²) in [6.45, 7) is 0.285. The average Bonchev–Trinajstić information content (AvgIpc) is 2.91. The summed E-state index contributed by atoms with van der Waals surface area (Å²) >= 11 is 0. The summed E-state index contributed by atoms with van der Waals surface area (Å²) in [5.74, 6) is -0.560. The average molecular weight is 344 g/mol. The minimum atomic E-state index is -3.15. The van der Waals surface area contributed by atoms with E-state index in [0.29, 0.717) is 18.5 Å². The van der Waals surface area contributed by atoms with Gasteiger partial charge in [-0.1, -0.05) is 12.1 Å². The zero-order chi connectivity index (χ0) is 17.0. The van der Waals surface area contributed by atoms with Gasteiger partial charge < -0.3 is 15.3 Å². The molecule has 1 aliphatic heterocycles. The monoisotopic (exact) mass is 344 g/mol. The lowest BCUT2D eigenvalue weighted by Crippen LogP contribution is -2.45. The van der Waals surface area contributed by atoms with Crippen LogP contribution in [0.2, 0.25) is 0 Å². The Morgan fingerprint density at radius 1 is 1.48 bits per heavy atom. The number of aliphatic hydroxyl groups is 1. The van der Waals surface area contributed by atoms with E-state index in [0.717, 1.165) is 12.7 Å². The van der Waals surface area contributed by atoms with E-state index in [4.69, 9.17) is 5.11 Å². The summed E-state index contributed by atoms with van der Waals surface area (Å²) in [5.41, 5.74) is 0.778. The molecule has 2 amide bonds. The quantitative estimate of drug-likeness (QED) is 0.835. The van der Waals surface area contributed by atoms with Crippen molar-refractivity contribution in [1.82, 2.24) is 10.2 Å². The van der Waals surface area contributed by atoms with Gasteiger partial charge in [-0.3, -0.25) is 0 Å². The maximum atomic E-state index is 13.6. The first-order valence-electron chi connectivity index (χ1n) is 7.40. The molecule has 0 saturated carbocycles. The van der Waals surface area contributed by atoms with E-state index in [1.807, 2.05) is 0 Å². The number of likely N-dealkylation sites (tertiary alicyclic amines) is 1. The Kier molecular flexibility index (Phi) is 5.59. The predicted molar refractivity (Wildman–Crippen MR) is 84.0 cm³/mol. The normalized spacial score (nSPS) is 18.2. The minimum Gasteiger partial charge on any atom is -0.392 e. The van der Waals surface area contributed by atoms with Crippen LogP contribution in [0.1, 0.15) is 24.0 Å². The van der Waals surface area contributed by atoms with Crippen molar-refractivity contribution in [3.8, 4) is 0 Å². The van der Waals surface area contributed by atoms with Crippen LogP contribution in [0.4, 0.5) is 9.18 Å². The Hall–Kier alpha value is -1.67. The minimum absolute atomic E-state index is 0.0414. The molecule has 0 aromatic heterocycles. The molecule has 1 fully saturated rings. The maximum Gasteiger partial charge on any atom is 0.317 e. The first kappa shape index (κ1) is 17.7. The van der Waals surface area contributed by atoms with Crippen LogP contribution in [0.15, 0.2) is 18.2 Å². The largest absolute Gasteiger partial charge is 0.392 e. The van der Waals surface area contributed by atoms with Gasteiger partial charge in [0.1, 0.15) is 15.7 Å². The highest BCUT2D eigenvalue weighted by Gasteiger charge is 2.31. The first-order valence-corrected chi connectivity index (χ1v) is 9.46. The highest BCUT2D eigenvalue weighted by atomic mass is 32.2. The van der Waals surface area contributed by atoms with Crippen molar-refractivity contribution in [2.75, 3.05) is 18.6 Å². The van der Waals surface area contributed by atoms with Gasteiger partial charge in [-0.2, -0.15) is 0 Å². The van der Waals surface area contributed by atoms with Gasteiger partial charge in [-0.05, 0) is 24.5 Å². The molecule has 1 heterocycles. The van der Waals surface area contributed by atoms with Gasteiger partial charge >= 0.3 is 6.03 Å². The van der Waals surface area contributed by atoms with Gasteiger partial charge in [0.25, 0.3) is 0 Å². The SMILES string of the molecule is CS(=O)(=O)C[C@H]1CCCN1C(=O)NCc1ccc(CO)c(F)c1. The zero-order valence-corrected chi connectivity index (χ0v) is 13.8. The molecule has 128 valence electrons. The van der Waals surface area contributed by atoms with Gasteiger partial charge in [0.2, 0.25) is 0 Å². The molecule has 0 aliphatic carbocycles. The van der Waals surface area contributed by atoms with Gasteiger partial charge in [0, 0.05) is 31.0 Å². The van der Waals surface area contributed by atoms with Crippen LogP contribution in [0.25, 0.3) is 0 Å². The number of hydrogen-bond donors (Lipinski definition) is 2. The van der Waals surface area contributed by atoms with Gasteiger partial charge in [0.15, 0.2) is 0 Å². The Balaban J connectivity index is 1.95. The van der Waals surface area contributed by atoms with Gasteiger partial charge in [0.05, 0.1) is 12.4 Å². The number of carbonyl (C=O) groups is 1. The molecule has 1 aliphatic rings. The molecule has 23 heavy (non-hydrogen) atoms. The number of carbonyl (C=O) groups excluding carboxylic acids is 1. The summed E-state index contributed by atoms with van der Waals surface area (Å²) in [4.78, 5) is 13.7. The van der Waals surface area contributed by atoms with Crippen LogP contribution >= 0.6 is 0 Å². The van der Waals surface area contributed by atoms with Crippen molar-refractivity contribution < 1.29 is 22.7 Å². The number of urea groups is 1. The number of benzene rings is 1. The summed E-state index contributed by atoms with van der Waals surface area (Å²) < 4.78 is 36.4. The van der Waals surface area contributed by atoms with Crippen LogP contribution in [0.3, 0.4) is 0 Å². The van der Waals surface area contributed by atoms with Crippen LogP contribution < -0.4 is 5.32 Å². The molecule has 0 unspecified atom stereocenters. The lowest BCUT2D eigenvalue weighted by Gasteiger charge is -2.24. The van der Waals surface area contributed by atoms with Crippen molar-refractivity contribution >= 4 is 15.9 Å². The highest BCUT2D eigenvalue weighted by molar-refractivity contribution is 7.90. The summed E-state index contributed by atoms with van der Waals surface area (Å²) in [6, 6.07) is 3.72. The number of hydrogen-bond acceptors (Lipinski definition) is 4. The highest BCUT2D eigenvalue weighted by Crippen LogP contribution is 2.19. The van der Waals surface area contributed by atoms with Crippen LogP contribution in [-0.2, 0) is 23.0 Å². The van der Waals surface area contributed by atoms with Crippen LogP contribution in [0, 0.1) is 5.82 Å². The smallest absolute Gasteiger partial charge is 0.317 e. The van der Waals surface area contributed by atoms with E-state index in [9.17, 15) is 17.6 Å². The van der Waals surface area contributed by atoms with Crippen LogP contribution in [0.5, 0.6) is 0 Å². The van der Waals surface area contributed by atoms with Crippen molar-refractivity contribution in [3.05, 3.63) is 35.1 Å². The van der Waals surface area contributed by atoms with Gasteiger partial charge in [-0.15, -0.1) is 0 Å². The standard InChI is InChI=1S/C15H21FN2O4S/c1-23(21,22)10-13-3-2-6-18(13)15(20)17-8-11-4-5-12(9-19)14(16)7-11/h4-5,7,13,19H,2-3,6,8-10H2,1H3,(H,17,20)/t13-/m1/s1.